The Hall–Kier alpha value is -3.88. The molecule has 0 radical (unpaired) electrons. The smallest absolute Gasteiger partial charge is 0.326 e. The van der Waals surface area contributed by atoms with Gasteiger partial charge in [0.1, 0.15) is 5.75 Å². The Morgan fingerprint density at radius 1 is 0.917 bits per heavy atom. The van der Waals surface area contributed by atoms with Crippen LogP contribution in [0.4, 0.5) is 5.69 Å². The second kappa shape index (κ2) is 10.4. The second-order valence-electron chi connectivity index (χ2n) is 9.33. The average molecular weight is 486 g/mol. The molecule has 8 heteroatoms. The largest absolute Gasteiger partial charge is 0.497 e. The summed E-state index contributed by atoms with van der Waals surface area (Å²) < 4.78 is 6.87. The van der Waals surface area contributed by atoms with Crippen LogP contribution >= 0.6 is 0 Å². The van der Waals surface area contributed by atoms with E-state index < -0.39 is 0 Å². The summed E-state index contributed by atoms with van der Waals surface area (Å²) in [6.45, 7) is 5.67. The number of anilines is 1. The van der Waals surface area contributed by atoms with Crippen molar-refractivity contribution < 1.29 is 9.53 Å². The summed E-state index contributed by atoms with van der Waals surface area (Å²) in [5.74, 6) is 0.554. The molecule has 186 valence electrons. The number of benzene rings is 3. The fourth-order valence-electron chi connectivity index (χ4n) is 4.54. The molecule has 1 fully saturated rings. The minimum Gasteiger partial charge on any atom is -0.497 e. The highest BCUT2D eigenvalue weighted by atomic mass is 16.5. The van der Waals surface area contributed by atoms with Crippen LogP contribution in [0.25, 0.3) is 11.0 Å². The van der Waals surface area contributed by atoms with Crippen molar-refractivity contribution in [2.45, 2.75) is 13.1 Å². The van der Waals surface area contributed by atoms with Crippen LogP contribution in [0.1, 0.15) is 21.5 Å². The van der Waals surface area contributed by atoms with E-state index in [1.165, 1.54) is 5.56 Å². The average Bonchev–Trinajstić information content (AvgIpc) is 3.21. The number of aromatic nitrogens is 2. The van der Waals surface area contributed by atoms with Gasteiger partial charge in [0.2, 0.25) is 0 Å². The predicted octanol–water partition coefficient (Wildman–Crippen LogP) is 3.39. The van der Waals surface area contributed by atoms with Crippen LogP contribution in [0.15, 0.2) is 71.5 Å². The number of methoxy groups -OCH3 is 1. The van der Waals surface area contributed by atoms with Gasteiger partial charge in [0.15, 0.2) is 0 Å². The van der Waals surface area contributed by atoms with Crippen LogP contribution in [-0.2, 0) is 13.1 Å². The molecule has 36 heavy (non-hydrogen) atoms. The Morgan fingerprint density at radius 3 is 2.28 bits per heavy atom. The minimum absolute atomic E-state index is 0.214. The van der Waals surface area contributed by atoms with E-state index in [1.54, 1.807) is 23.8 Å². The molecule has 1 aromatic heterocycles. The van der Waals surface area contributed by atoms with Crippen LogP contribution in [0.2, 0.25) is 0 Å². The number of hydrogen-bond acceptors (Lipinski definition) is 5. The quantitative estimate of drug-likeness (QED) is 0.419. The number of imidazole rings is 1. The van der Waals surface area contributed by atoms with Gasteiger partial charge in [-0.05, 0) is 60.6 Å². The maximum Gasteiger partial charge on any atom is 0.326 e. The van der Waals surface area contributed by atoms with E-state index in [-0.39, 0.29) is 11.6 Å². The number of piperazine rings is 1. The van der Waals surface area contributed by atoms with Crippen molar-refractivity contribution in [3.8, 4) is 5.75 Å². The van der Waals surface area contributed by atoms with Crippen molar-refractivity contribution in [1.29, 1.82) is 0 Å². The lowest BCUT2D eigenvalue weighted by Crippen LogP contribution is -2.43. The molecular formula is C28H31N5O3. The molecule has 0 saturated carbocycles. The summed E-state index contributed by atoms with van der Waals surface area (Å²) in [4.78, 5) is 33.2. The summed E-state index contributed by atoms with van der Waals surface area (Å²) in [5, 5.41) is 2.96. The van der Waals surface area contributed by atoms with E-state index in [4.69, 9.17) is 4.74 Å². The molecule has 8 nitrogen and oxygen atoms in total. The summed E-state index contributed by atoms with van der Waals surface area (Å²) in [6.07, 6.45) is 0. The molecule has 4 aromatic rings. The van der Waals surface area contributed by atoms with Crippen molar-refractivity contribution in [3.05, 3.63) is 93.9 Å². The molecule has 5 rings (SSSR count). The van der Waals surface area contributed by atoms with E-state index >= 15 is 0 Å². The lowest BCUT2D eigenvalue weighted by atomic mass is 10.1. The van der Waals surface area contributed by atoms with Crippen molar-refractivity contribution in [1.82, 2.24) is 19.4 Å². The van der Waals surface area contributed by atoms with Gasteiger partial charge in [0.25, 0.3) is 5.91 Å². The van der Waals surface area contributed by atoms with Crippen LogP contribution in [-0.4, -0.2) is 65.6 Å². The first-order valence-electron chi connectivity index (χ1n) is 12.2. The Bertz CT molecular complexity index is 1400. The number of H-pyrrole nitrogens is 1. The van der Waals surface area contributed by atoms with Crippen LogP contribution < -0.4 is 15.7 Å². The fraction of sp³-hybridized carbons (Fsp3) is 0.286. The summed E-state index contributed by atoms with van der Waals surface area (Å²) in [5.41, 5.74) is 4.61. The van der Waals surface area contributed by atoms with Gasteiger partial charge < -0.3 is 19.9 Å². The number of aromatic amines is 1. The second-order valence-corrected chi connectivity index (χ2v) is 9.33. The van der Waals surface area contributed by atoms with Crippen molar-refractivity contribution >= 4 is 22.6 Å². The number of likely N-dealkylation sites (N-methyl/N-ethyl adjacent to an activating group) is 1. The molecule has 1 amide bonds. The van der Waals surface area contributed by atoms with Gasteiger partial charge in [0.05, 0.1) is 24.7 Å². The summed E-state index contributed by atoms with van der Waals surface area (Å²) >= 11 is 0. The van der Waals surface area contributed by atoms with Crippen LogP contribution in [0.5, 0.6) is 5.75 Å². The first-order chi connectivity index (χ1) is 17.5. The van der Waals surface area contributed by atoms with Gasteiger partial charge in [-0.25, -0.2) is 4.79 Å². The third-order valence-corrected chi connectivity index (χ3v) is 6.75. The SMILES string of the molecule is COc1ccc(Cn2c(=O)[nH]c3cc(C(=O)Nc4ccc(CN5CCN(C)CC5)cc4)ccc32)cc1. The zero-order chi connectivity index (χ0) is 25.1. The predicted molar refractivity (Wildman–Crippen MR) is 142 cm³/mol. The van der Waals surface area contributed by atoms with E-state index in [0.717, 1.165) is 55.2 Å². The Labute approximate surface area is 210 Å². The number of carbonyl (C=O) groups excluding carboxylic acids is 1. The summed E-state index contributed by atoms with van der Waals surface area (Å²) in [6, 6.07) is 20.9. The number of ether oxygens (including phenoxy) is 1. The fourth-order valence-corrected chi connectivity index (χ4v) is 4.54. The third-order valence-electron chi connectivity index (χ3n) is 6.75. The number of amides is 1. The van der Waals surface area contributed by atoms with E-state index in [0.29, 0.717) is 17.6 Å². The zero-order valence-electron chi connectivity index (χ0n) is 20.7. The molecule has 0 aliphatic carbocycles. The van der Waals surface area contributed by atoms with Crippen LogP contribution in [0.3, 0.4) is 0 Å². The summed E-state index contributed by atoms with van der Waals surface area (Å²) in [7, 11) is 3.78. The molecule has 2 N–H and O–H groups in total. The van der Waals surface area contributed by atoms with Crippen molar-refractivity contribution in [2.24, 2.45) is 0 Å². The van der Waals surface area contributed by atoms with Gasteiger partial charge in [-0.3, -0.25) is 14.3 Å². The normalized spacial score (nSPS) is 14.7. The first-order valence-corrected chi connectivity index (χ1v) is 12.2. The Kier molecular flexibility index (Phi) is 6.88. The molecule has 0 unspecified atom stereocenters. The highest BCUT2D eigenvalue weighted by Crippen LogP contribution is 2.18. The monoisotopic (exact) mass is 485 g/mol. The van der Waals surface area contributed by atoms with E-state index in [9.17, 15) is 9.59 Å². The molecule has 1 aliphatic heterocycles. The molecule has 2 heterocycles. The molecular weight excluding hydrogens is 454 g/mol. The lowest BCUT2D eigenvalue weighted by Gasteiger charge is -2.32. The highest BCUT2D eigenvalue weighted by Gasteiger charge is 2.15. The molecule has 0 atom stereocenters. The molecule has 0 bridgehead atoms. The number of nitrogens with zero attached hydrogens (tertiary/aromatic N) is 3. The maximum absolute atomic E-state index is 12.9. The number of carbonyl (C=O) groups is 1. The first kappa shape index (κ1) is 23.8. The highest BCUT2D eigenvalue weighted by molar-refractivity contribution is 6.05. The van der Waals surface area contributed by atoms with Crippen molar-refractivity contribution in [3.63, 3.8) is 0 Å². The number of rotatable bonds is 7. The van der Waals surface area contributed by atoms with Crippen molar-refractivity contribution in [2.75, 3.05) is 45.7 Å². The molecule has 3 aromatic carbocycles. The van der Waals surface area contributed by atoms with Gasteiger partial charge in [0, 0.05) is 44.0 Å². The number of nitrogens with one attached hydrogen (secondary N) is 2. The maximum atomic E-state index is 12.9. The Balaban J connectivity index is 1.25. The number of hydrogen-bond donors (Lipinski definition) is 2. The van der Waals surface area contributed by atoms with Gasteiger partial charge in [-0.2, -0.15) is 0 Å². The van der Waals surface area contributed by atoms with Crippen LogP contribution in [0, 0.1) is 0 Å². The topological polar surface area (TPSA) is 82.6 Å². The molecule has 0 spiro atoms. The molecule has 1 saturated heterocycles. The lowest BCUT2D eigenvalue weighted by molar-refractivity contribution is 0.102. The van der Waals surface area contributed by atoms with E-state index in [1.807, 2.05) is 42.5 Å². The third kappa shape index (κ3) is 5.35. The standard InChI is InChI=1S/C28H31N5O3/c1-31-13-15-32(16-14-31)18-20-3-8-23(9-4-20)29-27(34)22-7-12-26-25(17-22)30-28(35)33(26)19-21-5-10-24(36-2)11-6-21/h3-12,17H,13-16,18-19H2,1-2H3,(H,29,34)(H,30,35). The van der Waals surface area contributed by atoms with Gasteiger partial charge in [-0.15, -0.1) is 0 Å². The van der Waals surface area contributed by atoms with E-state index in [2.05, 4.69) is 39.3 Å². The number of fused-ring (bicyclic) bond motifs is 1. The minimum atomic E-state index is -0.215. The Morgan fingerprint density at radius 2 is 1.58 bits per heavy atom. The van der Waals surface area contributed by atoms with Gasteiger partial charge >= 0.3 is 5.69 Å². The van der Waals surface area contributed by atoms with Gasteiger partial charge in [-0.1, -0.05) is 24.3 Å². The molecule has 1 aliphatic rings. The zero-order valence-corrected chi connectivity index (χ0v) is 20.7.